The fourth-order valence-electron chi connectivity index (χ4n) is 2.95. The van der Waals surface area contributed by atoms with Crippen molar-refractivity contribution < 1.29 is 23.9 Å². The van der Waals surface area contributed by atoms with Crippen LogP contribution in [0.15, 0.2) is 24.3 Å². The number of hydrogen-bond donors (Lipinski definition) is 1. The number of aryl methyl sites for hydroxylation is 2. The number of anilines is 1. The second-order valence-corrected chi connectivity index (χ2v) is 5.94. The molecule has 0 fully saturated rings. The van der Waals surface area contributed by atoms with Crippen molar-refractivity contribution in [3.63, 3.8) is 0 Å². The molecule has 2 heterocycles. The van der Waals surface area contributed by atoms with Crippen molar-refractivity contribution in [2.24, 2.45) is 7.05 Å². The number of benzene rings is 1. The molecule has 0 unspecified atom stereocenters. The van der Waals surface area contributed by atoms with Gasteiger partial charge in [0.05, 0.1) is 23.4 Å². The number of fused-ring (bicyclic) bond motifs is 1. The molecule has 27 heavy (non-hydrogen) atoms. The number of carbonyl (C=O) groups is 4. The van der Waals surface area contributed by atoms with Crippen LogP contribution in [0.1, 0.15) is 43.7 Å². The molecule has 140 valence electrons. The molecule has 0 saturated carbocycles. The molecule has 0 bridgehead atoms. The van der Waals surface area contributed by atoms with Gasteiger partial charge in [0, 0.05) is 7.05 Å². The number of nitrogens with zero attached hydrogens (tertiary/aromatic N) is 3. The van der Waals surface area contributed by atoms with E-state index in [-0.39, 0.29) is 29.1 Å². The highest BCUT2D eigenvalue weighted by atomic mass is 16.5. The van der Waals surface area contributed by atoms with Crippen LogP contribution in [0.2, 0.25) is 0 Å². The first-order valence-electron chi connectivity index (χ1n) is 8.31. The van der Waals surface area contributed by atoms with E-state index in [1.807, 2.05) is 0 Å². The zero-order chi connectivity index (χ0) is 19.7. The van der Waals surface area contributed by atoms with Gasteiger partial charge in [-0.1, -0.05) is 12.1 Å². The fraction of sp³-hybridized carbons (Fsp3) is 0.278. The Bertz CT molecular complexity index is 928. The van der Waals surface area contributed by atoms with Crippen molar-refractivity contribution in [2.75, 3.05) is 18.5 Å². The molecule has 1 aliphatic rings. The number of aromatic nitrogens is 2. The van der Waals surface area contributed by atoms with E-state index in [2.05, 4.69) is 10.4 Å². The van der Waals surface area contributed by atoms with Crippen LogP contribution < -0.4 is 5.32 Å². The molecule has 3 rings (SSSR count). The highest BCUT2D eigenvalue weighted by Crippen LogP contribution is 2.23. The molecule has 0 aliphatic carbocycles. The maximum absolute atomic E-state index is 12.5. The summed E-state index contributed by atoms with van der Waals surface area (Å²) in [5, 5.41) is 6.66. The van der Waals surface area contributed by atoms with Gasteiger partial charge in [0.25, 0.3) is 11.8 Å². The van der Waals surface area contributed by atoms with Crippen molar-refractivity contribution in [1.82, 2.24) is 14.7 Å². The van der Waals surface area contributed by atoms with E-state index >= 15 is 0 Å². The second kappa shape index (κ2) is 7.02. The Kier molecular flexibility index (Phi) is 4.76. The third-order valence-corrected chi connectivity index (χ3v) is 4.14. The Labute approximate surface area is 154 Å². The van der Waals surface area contributed by atoms with Crippen molar-refractivity contribution in [2.45, 2.75) is 13.8 Å². The predicted octanol–water partition coefficient (Wildman–Crippen LogP) is 1.14. The molecule has 1 aliphatic heterocycles. The number of hydrogen-bond acceptors (Lipinski definition) is 6. The maximum atomic E-state index is 12.5. The van der Waals surface area contributed by atoms with E-state index in [0.29, 0.717) is 5.69 Å². The Morgan fingerprint density at radius 1 is 1.15 bits per heavy atom. The van der Waals surface area contributed by atoms with Gasteiger partial charge in [-0.2, -0.15) is 5.10 Å². The monoisotopic (exact) mass is 370 g/mol. The molecule has 0 atom stereocenters. The summed E-state index contributed by atoms with van der Waals surface area (Å²) in [6.45, 7) is 2.99. The molecule has 1 aromatic heterocycles. The van der Waals surface area contributed by atoms with E-state index in [4.69, 9.17) is 4.74 Å². The standard InChI is InChI=1S/C18H18N4O5/c1-4-27-18(26)14-10(2)20-21(3)15(14)19-13(23)9-22-16(24)11-7-5-6-8-12(11)17(22)25/h5-8H,4,9H2,1-3H3,(H,19,23). The zero-order valence-electron chi connectivity index (χ0n) is 15.1. The number of carbonyl (C=O) groups excluding carboxylic acids is 4. The number of amides is 3. The number of imide groups is 1. The lowest BCUT2D eigenvalue weighted by atomic mass is 10.1. The summed E-state index contributed by atoms with van der Waals surface area (Å²) >= 11 is 0. The molecule has 9 nitrogen and oxygen atoms in total. The fourth-order valence-corrected chi connectivity index (χ4v) is 2.95. The minimum Gasteiger partial charge on any atom is -0.462 e. The van der Waals surface area contributed by atoms with E-state index < -0.39 is 30.2 Å². The Balaban J connectivity index is 1.79. The lowest BCUT2D eigenvalue weighted by molar-refractivity contribution is -0.116. The van der Waals surface area contributed by atoms with Gasteiger partial charge in [-0.3, -0.25) is 24.0 Å². The summed E-state index contributed by atoms with van der Waals surface area (Å²) < 4.78 is 6.33. The van der Waals surface area contributed by atoms with Crippen LogP contribution in [-0.4, -0.2) is 51.5 Å². The van der Waals surface area contributed by atoms with Crippen LogP contribution in [0.4, 0.5) is 5.82 Å². The minimum atomic E-state index is -0.627. The molecule has 2 aromatic rings. The maximum Gasteiger partial charge on any atom is 0.343 e. The van der Waals surface area contributed by atoms with Crippen molar-refractivity contribution in [1.29, 1.82) is 0 Å². The topological polar surface area (TPSA) is 111 Å². The molecule has 0 radical (unpaired) electrons. The van der Waals surface area contributed by atoms with Crippen molar-refractivity contribution in [3.8, 4) is 0 Å². The van der Waals surface area contributed by atoms with Gasteiger partial charge >= 0.3 is 5.97 Å². The summed E-state index contributed by atoms with van der Waals surface area (Å²) in [5.41, 5.74) is 1.06. The highest BCUT2D eigenvalue weighted by molar-refractivity contribution is 6.22. The lowest BCUT2D eigenvalue weighted by Crippen LogP contribution is -2.37. The van der Waals surface area contributed by atoms with Gasteiger partial charge in [-0.25, -0.2) is 4.79 Å². The van der Waals surface area contributed by atoms with Crippen LogP contribution in [0.3, 0.4) is 0 Å². The Morgan fingerprint density at radius 2 is 1.74 bits per heavy atom. The lowest BCUT2D eigenvalue weighted by Gasteiger charge is -2.14. The van der Waals surface area contributed by atoms with E-state index in [1.54, 1.807) is 33.0 Å². The van der Waals surface area contributed by atoms with Gasteiger partial charge in [0.15, 0.2) is 0 Å². The summed E-state index contributed by atoms with van der Waals surface area (Å²) in [4.78, 5) is 50.2. The van der Waals surface area contributed by atoms with E-state index in [1.165, 1.54) is 16.8 Å². The summed E-state index contributed by atoms with van der Waals surface area (Å²) in [6.07, 6.45) is 0. The van der Waals surface area contributed by atoms with Gasteiger partial charge in [0.1, 0.15) is 17.9 Å². The van der Waals surface area contributed by atoms with Gasteiger partial charge in [-0.15, -0.1) is 0 Å². The third-order valence-electron chi connectivity index (χ3n) is 4.14. The predicted molar refractivity (Wildman–Crippen MR) is 94.3 cm³/mol. The number of rotatable bonds is 5. The smallest absolute Gasteiger partial charge is 0.343 e. The summed E-state index contributed by atoms with van der Waals surface area (Å²) in [7, 11) is 1.56. The van der Waals surface area contributed by atoms with Crippen LogP contribution in [-0.2, 0) is 16.6 Å². The molecule has 1 aromatic carbocycles. The third kappa shape index (κ3) is 3.19. The number of esters is 1. The summed E-state index contributed by atoms with van der Waals surface area (Å²) in [6, 6.07) is 6.38. The first kappa shape index (κ1) is 18.3. The van der Waals surface area contributed by atoms with Crippen LogP contribution >= 0.6 is 0 Å². The van der Waals surface area contributed by atoms with Crippen molar-refractivity contribution in [3.05, 3.63) is 46.6 Å². The van der Waals surface area contributed by atoms with Crippen molar-refractivity contribution >= 4 is 29.5 Å². The van der Waals surface area contributed by atoms with E-state index in [0.717, 1.165) is 4.90 Å². The average molecular weight is 370 g/mol. The second-order valence-electron chi connectivity index (χ2n) is 5.94. The zero-order valence-corrected chi connectivity index (χ0v) is 15.1. The molecule has 0 spiro atoms. The first-order chi connectivity index (χ1) is 12.8. The van der Waals surface area contributed by atoms with Crippen LogP contribution in [0.5, 0.6) is 0 Å². The average Bonchev–Trinajstić information content (AvgIpc) is 3.04. The largest absolute Gasteiger partial charge is 0.462 e. The SMILES string of the molecule is CCOC(=O)c1c(C)nn(C)c1NC(=O)CN1C(=O)c2ccccc2C1=O. The molecule has 9 heteroatoms. The molecular weight excluding hydrogens is 352 g/mol. The van der Waals surface area contributed by atoms with Gasteiger partial charge in [-0.05, 0) is 26.0 Å². The molecule has 0 saturated heterocycles. The van der Waals surface area contributed by atoms with E-state index in [9.17, 15) is 19.2 Å². The highest BCUT2D eigenvalue weighted by Gasteiger charge is 2.36. The van der Waals surface area contributed by atoms with Crippen LogP contribution in [0, 0.1) is 6.92 Å². The first-order valence-corrected chi connectivity index (χ1v) is 8.31. The van der Waals surface area contributed by atoms with Crippen LogP contribution in [0.25, 0.3) is 0 Å². The number of nitrogens with one attached hydrogen (secondary N) is 1. The Hall–Kier alpha value is -3.49. The normalized spacial score (nSPS) is 12.9. The Morgan fingerprint density at radius 3 is 2.30 bits per heavy atom. The summed E-state index contributed by atoms with van der Waals surface area (Å²) in [5.74, 6) is -2.15. The van der Waals surface area contributed by atoms with Gasteiger partial charge in [0.2, 0.25) is 5.91 Å². The van der Waals surface area contributed by atoms with Gasteiger partial charge < -0.3 is 10.1 Å². The molecule has 1 N–H and O–H groups in total. The quantitative estimate of drug-likeness (QED) is 0.624. The minimum absolute atomic E-state index is 0.134. The molecular formula is C18H18N4O5. The number of ether oxygens (including phenoxy) is 1. The molecule has 3 amide bonds.